The van der Waals surface area contributed by atoms with Crippen LogP contribution in [-0.4, -0.2) is 42.5 Å². The van der Waals surface area contributed by atoms with E-state index in [4.69, 9.17) is 0 Å². The van der Waals surface area contributed by atoms with Gasteiger partial charge in [0.2, 0.25) is 5.91 Å². The molecule has 5 heteroatoms. The number of nitrogens with one attached hydrogen (secondary N) is 2. The summed E-state index contributed by atoms with van der Waals surface area (Å²) < 4.78 is 0. The van der Waals surface area contributed by atoms with Crippen LogP contribution in [-0.2, 0) is 11.3 Å². The molecule has 0 spiro atoms. The van der Waals surface area contributed by atoms with Crippen LogP contribution in [0.15, 0.2) is 30.3 Å². The molecule has 0 aliphatic carbocycles. The molecule has 1 aliphatic heterocycles. The number of piperidine rings is 1. The van der Waals surface area contributed by atoms with Crippen molar-refractivity contribution in [1.82, 2.24) is 15.5 Å². The first-order valence-corrected chi connectivity index (χ1v) is 8.28. The SMILES string of the molecule is CC(CN(C)Cc1ccccc1)NC(=O)C1(C)CCCCN1.Cl. The molecule has 0 bridgehead atoms. The normalized spacial score (nSPS) is 22.3. The van der Waals surface area contributed by atoms with Gasteiger partial charge >= 0.3 is 0 Å². The van der Waals surface area contributed by atoms with Crippen LogP contribution in [0.5, 0.6) is 0 Å². The fourth-order valence-electron chi connectivity index (χ4n) is 3.11. The number of nitrogens with zero attached hydrogens (tertiary/aromatic N) is 1. The highest BCUT2D eigenvalue weighted by Gasteiger charge is 2.34. The summed E-state index contributed by atoms with van der Waals surface area (Å²) in [5.74, 6) is 0.132. The number of rotatable bonds is 6. The molecule has 2 unspecified atom stereocenters. The molecule has 1 fully saturated rings. The Morgan fingerprint density at radius 1 is 1.35 bits per heavy atom. The van der Waals surface area contributed by atoms with E-state index >= 15 is 0 Å². The van der Waals surface area contributed by atoms with Crippen molar-refractivity contribution in [2.45, 2.75) is 51.2 Å². The molecule has 2 atom stereocenters. The summed E-state index contributed by atoms with van der Waals surface area (Å²) in [4.78, 5) is 14.7. The average molecular weight is 340 g/mol. The largest absolute Gasteiger partial charge is 0.351 e. The van der Waals surface area contributed by atoms with Crippen molar-refractivity contribution < 1.29 is 4.79 Å². The maximum absolute atomic E-state index is 12.5. The second-order valence-electron chi connectivity index (χ2n) is 6.77. The van der Waals surface area contributed by atoms with Crippen LogP contribution >= 0.6 is 12.4 Å². The van der Waals surface area contributed by atoms with E-state index in [1.807, 2.05) is 13.0 Å². The topological polar surface area (TPSA) is 44.4 Å². The van der Waals surface area contributed by atoms with E-state index in [1.165, 1.54) is 5.56 Å². The minimum atomic E-state index is -0.398. The molecule has 1 heterocycles. The molecule has 1 aromatic carbocycles. The minimum Gasteiger partial charge on any atom is -0.351 e. The van der Waals surface area contributed by atoms with Gasteiger partial charge in [0.05, 0.1) is 5.54 Å². The smallest absolute Gasteiger partial charge is 0.240 e. The summed E-state index contributed by atoms with van der Waals surface area (Å²) in [6.07, 6.45) is 3.21. The fourth-order valence-corrected chi connectivity index (χ4v) is 3.11. The summed E-state index contributed by atoms with van der Waals surface area (Å²) >= 11 is 0. The third kappa shape index (κ3) is 6.13. The quantitative estimate of drug-likeness (QED) is 0.837. The predicted molar refractivity (Wildman–Crippen MR) is 97.9 cm³/mol. The highest BCUT2D eigenvalue weighted by atomic mass is 35.5. The van der Waals surface area contributed by atoms with Gasteiger partial charge in [0.1, 0.15) is 0 Å². The van der Waals surface area contributed by atoms with E-state index in [2.05, 4.69) is 53.8 Å². The summed E-state index contributed by atoms with van der Waals surface area (Å²) in [5.41, 5.74) is 0.897. The first-order chi connectivity index (χ1) is 10.5. The van der Waals surface area contributed by atoms with E-state index in [0.717, 1.165) is 38.9 Å². The molecular weight excluding hydrogens is 310 g/mol. The van der Waals surface area contributed by atoms with Gasteiger partial charge in [-0.25, -0.2) is 0 Å². The molecule has 130 valence electrons. The Kier molecular flexibility index (Phi) is 8.03. The van der Waals surface area contributed by atoms with Crippen LogP contribution in [0.3, 0.4) is 0 Å². The van der Waals surface area contributed by atoms with Crippen molar-refractivity contribution in [3.8, 4) is 0 Å². The third-order valence-electron chi connectivity index (χ3n) is 4.38. The Morgan fingerprint density at radius 2 is 2.04 bits per heavy atom. The molecule has 0 aromatic heterocycles. The molecule has 0 radical (unpaired) electrons. The zero-order valence-electron chi connectivity index (χ0n) is 14.5. The number of hydrogen-bond acceptors (Lipinski definition) is 3. The Bertz CT molecular complexity index is 474. The zero-order chi connectivity index (χ0) is 16.0. The summed E-state index contributed by atoms with van der Waals surface area (Å²) in [6, 6.07) is 10.6. The van der Waals surface area contributed by atoms with Crippen molar-refractivity contribution in [3.05, 3.63) is 35.9 Å². The molecule has 1 saturated heterocycles. The number of amides is 1. The fraction of sp³-hybridized carbons (Fsp3) is 0.611. The van der Waals surface area contributed by atoms with Crippen LogP contribution in [0, 0.1) is 0 Å². The van der Waals surface area contributed by atoms with Gasteiger partial charge in [-0.3, -0.25) is 4.79 Å². The lowest BCUT2D eigenvalue weighted by Gasteiger charge is -2.35. The Hall–Kier alpha value is -1.10. The van der Waals surface area contributed by atoms with Gasteiger partial charge in [-0.1, -0.05) is 30.3 Å². The predicted octanol–water partition coefficient (Wildman–Crippen LogP) is 2.58. The minimum absolute atomic E-state index is 0. The van der Waals surface area contributed by atoms with Crippen LogP contribution in [0.25, 0.3) is 0 Å². The lowest BCUT2D eigenvalue weighted by atomic mass is 9.90. The molecule has 0 saturated carbocycles. The van der Waals surface area contributed by atoms with Gasteiger partial charge in [-0.15, -0.1) is 12.4 Å². The number of halogens is 1. The molecule has 2 N–H and O–H groups in total. The van der Waals surface area contributed by atoms with Crippen LogP contribution in [0.2, 0.25) is 0 Å². The van der Waals surface area contributed by atoms with E-state index in [9.17, 15) is 4.79 Å². The maximum atomic E-state index is 12.5. The summed E-state index contributed by atoms with van der Waals surface area (Å²) in [5, 5.41) is 6.53. The summed E-state index contributed by atoms with van der Waals surface area (Å²) in [7, 11) is 2.09. The third-order valence-corrected chi connectivity index (χ3v) is 4.38. The lowest BCUT2D eigenvalue weighted by Crippen LogP contribution is -2.59. The molecule has 4 nitrogen and oxygen atoms in total. The number of benzene rings is 1. The van der Waals surface area contributed by atoms with E-state index in [1.54, 1.807) is 0 Å². The van der Waals surface area contributed by atoms with Crippen molar-refractivity contribution in [3.63, 3.8) is 0 Å². The first kappa shape index (κ1) is 19.9. The van der Waals surface area contributed by atoms with Crippen LogP contribution < -0.4 is 10.6 Å². The lowest BCUT2D eigenvalue weighted by molar-refractivity contribution is -0.128. The molecular formula is C18H30ClN3O. The van der Waals surface area contributed by atoms with E-state index < -0.39 is 5.54 Å². The second-order valence-corrected chi connectivity index (χ2v) is 6.77. The Balaban J connectivity index is 0.00000264. The second kappa shape index (κ2) is 9.26. The van der Waals surface area contributed by atoms with Crippen LogP contribution in [0.1, 0.15) is 38.7 Å². The number of hydrogen-bond donors (Lipinski definition) is 2. The van der Waals surface area contributed by atoms with Crippen molar-refractivity contribution in [2.24, 2.45) is 0 Å². The number of carbonyl (C=O) groups is 1. The monoisotopic (exact) mass is 339 g/mol. The number of carbonyl (C=O) groups excluding carboxylic acids is 1. The highest BCUT2D eigenvalue weighted by Crippen LogP contribution is 2.18. The Labute approximate surface area is 146 Å². The molecule has 1 aromatic rings. The standard InChI is InChI=1S/C18H29N3O.ClH/c1-15(13-21(3)14-16-9-5-4-6-10-16)20-17(22)18(2)11-7-8-12-19-18;/h4-6,9-10,15,19H,7-8,11-14H2,1-3H3,(H,20,22);1H. The highest BCUT2D eigenvalue weighted by molar-refractivity contribution is 5.86. The van der Waals surface area contributed by atoms with Crippen molar-refractivity contribution in [1.29, 1.82) is 0 Å². The van der Waals surface area contributed by atoms with Gasteiger partial charge in [-0.2, -0.15) is 0 Å². The zero-order valence-corrected chi connectivity index (χ0v) is 15.3. The molecule has 1 amide bonds. The van der Waals surface area contributed by atoms with Crippen molar-refractivity contribution in [2.75, 3.05) is 20.1 Å². The Morgan fingerprint density at radius 3 is 2.65 bits per heavy atom. The molecule has 23 heavy (non-hydrogen) atoms. The van der Waals surface area contributed by atoms with Gasteiger partial charge in [0, 0.05) is 19.1 Å². The maximum Gasteiger partial charge on any atom is 0.240 e. The number of likely N-dealkylation sites (N-methyl/N-ethyl adjacent to an activating group) is 1. The average Bonchev–Trinajstić information content (AvgIpc) is 2.48. The van der Waals surface area contributed by atoms with Gasteiger partial charge < -0.3 is 15.5 Å². The molecule has 1 aliphatic rings. The van der Waals surface area contributed by atoms with E-state index in [0.29, 0.717) is 0 Å². The van der Waals surface area contributed by atoms with Gasteiger partial charge in [-0.05, 0) is 52.3 Å². The van der Waals surface area contributed by atoms with Gasteiger partial charge in [0.15, 0.2) is 0 Å². The van der Waals surface area contributed by atoms with Gasteiger partial charge in [0.25, 0.3) is 0 Å². The van der Waals surface area contributed by atoms with Crippen molar-refractivity contribution >= 4 is 18.3 Å². The first-order valence-electron chi connectivity index (χ1n) is 8.28. The van der Waals surface area contributed by atoms with E-state index in [-0.39, 0.29) is 24.4 Å². The van der Waals surface area contributed by atoms with Crippen LogP contribution in [0.4, 0.5) is 0 Å². The molecule has 2 rings (SSSR count). The summed E-state index contributed by atoms with van der Waals surface area (Å²) in [6.45, 7) is 6.77.